The van der Waals surface area contributed by atoms with Crippen molar-refractivity contribution in [2.75, 3.05) is 38.5 Å². The molecule has 8 heteroatoms. The third-order valence-corrected chi connectivity index (χ3v) is 7.56. The summed E-state index contributed by atoms with van der Waals surface area (Å²) in [5.41, 5.74) is 3.14. The fraction of sp³-hybridized carbons (Fsp3) is 0.179. The number of piperazine rings is 1. The van der Waals surface area contributed by atoms with E-state index in [4.69, 9.17) is 0 Å². The van der Waals surface area contributed by atoms with Gasteiger partial charge in [0.1, 0.15) is 0 Å². The van der Waals surface area contributed by atoms with E-state index in [-0.39, 0.29) is 5.91 Å². The van der Waals surface area contributed by atoms with Crippen LogP contribution in [-0.2, 0) is 10.8 Å². The van der Waals surface area contributed by atoms with Crippen LogP contribution in [0.15, 0.2) is 101 Å². The van der Waals surface area contributed by atoms with Gasteiger partial charge in [-0.3, -0.25) is 4.79 Å². The highest BCUT2D eigenvalue weighted by Gasteiger charge is 2.20. The third kappa shape index (κ3) is 5.50. The monoisotopic (exact) mass is 497 g/mol. The minimum Gasteiger partial charge on any atom is -0.336 e. The van der Waals surface area contributed by atoms with Crippen molar-refractivity contribution in [3.05, 3.63) is 96.7 Å². The van der Waals surface area contributed by atoms with Gasteiger partial charge in [-0.25, -0.2) is 14.2 Å². The van der Waals surface area contributed by atoms with Gasteiger partial charge in [-0.2, -0.15) is 0 Å². The second-order valence-corrected chi connectivity index (χ2v) is 10.1. The molecule has 0 radical (unpaired) electrons. The van der Waals surface area contributed by atoms with Gasteiger partial charge in [-0.05, 0) is 61.6 Å². The molecule has 1 fully saturated rings. The number of carbonyl (C=O) groups is 1. The van der Waals surface area contributed by atoms with E-state index in [1.54, 1.807) is 6.20 Å². The van der Waals surface area contributed by atoms with Crippen LogP contribution in [0.2, 0.25) is 0 Å². The lowest BCUT2D eigenvalue weighted by atomic mass is 10.1. The van der Waals surface area contributed by atoms with Crippen molar-refractivity contribution in [2.45, 2.75) is 9.79 Å². The van der Waals surface area contributed by atoms with Crippen LogP contribution >= 0.6 is 0 Å². The van der Waals surface area contributed by atoms with Crippen LogP contribution in [0, 0.1) is 0 Å². The van der Waals surface area contributed by atoms with E-state index < -0.39 is 10.8 Å². The second-order valence-electron chi connectivity index (χ2n) is 8.67. The van der Waals surface area contributed by atoms with Crippen molar-refractivity contribution in [3.63, 3.8) is 0 Å². The number of hydrogen-bond acceptors (Lipinski definition) is 6. The molecule has 0 aliphatic carbocycles. The van der Waals surface area contributed by atoms with E-state index in [0.29, 0.717) is 11.5 Å². The van der Waals surface area contributed by atoms with E-state index in [1.165, 1.54) is 0 Å². The predicted molar refractivity (Wildman–Crippen MR) is 142 cm³/mol. The summed E-state index contributed by atoms with van der Waals surface area (Å²) in [5.74, 6) is 0.520. The fourth-order valence-corrected chi connectivity index (χ4v) is 5.09. The quantitative estimate of drug-likeness (QED) is 0.424. The zero-order valence-electron chi connectivity index (χ0n) is 20.0. The van der Waals surface area contributed by atoms with Crippen LogP contribution in [0.25, 0.3) is 11.3 Å². The average molecular weight is 498 g/mol. The molecule has 0 spiro atoms. The van der Waals surface area contributed by atoms with Crippen LogP contribution in [0.1, 0.15) is 10.4 Å². The molecule has 36 heavy (non-hydrogen) atoms. The Kier molecular flexibility index (Phi) is 7.16. The Bertz CT molecular complexity index is 1350. The molecule has 1 amide bonds. The number of likely N-dealkylation sites (N-methyl/N-ethyl adjacent to an activating group) is 1. The van der Waals surface area contributed by atoms with Gasteiger partial charge < -0.3 is 15.1 Å². The largest absolute Gasteiger partial charge is 0.336 e. The molecule has 1 aliphatic rings. The number of rotatable bonds is 6. The first-order chi connectivity index (χ1) is 17.6. The summed E-state index contributed by atoms with van der Waals surface area (Å²) < 4.78 is 12.8. The smallest absolute Gasteiger partial charge is 0.253 e. The standard InChI is InChI=1S/C28H27N5O2S/c1-32-17-19-33(20-18-32)27(34)22-7-11-23(12-8-22)30-28-29-16-15-26(31-28)21-9-13-25(14-10-21)36(35)24-5-3-2-4-6-24/h2-16H,17-20H2,1H3,(H,29,30,31). The van der Waals surface area contributed by atoms with Crippen LogP contribution < -0.4 is 5.32 Å². The Morgan fingerprint density at radius 3 is 2.19 bits per heavy atom. The molecule has 1 N–H and O–H groups in total. The molecule has 5 rings (SSSR count). The van der Waals surface area contributed by atoms with Crippen molar-refractivity contribution in [1.82, 2.24) is 19.8 Å². The fourth-order valence-electron chi connectivity index (χ4n) is 4.03. The van der Waals surface area contributed by atoms with Gasteiger partial charge in [0.2, 0.25) is 5.95 Å². The minimum atomic E-state index is -1.23. The Morgan fingerprint density at radius 2 is 1.50 bits per heavy atom. The topological polar surface area (TPSA) is 78.4 Å². The van der Waals surface area contributed by atoms with Gasteiger partial charge in [-0.1, -0.05) is 30.3 Å². The highest BCUT2D eigenvalue weighted by atomic mass is 32.2. The summed E-state index contributed by atoms with van der Waals surface area (Å²) in [7, 11) is 0.846. The van der Waals surface area contributed by atoms with E-state index in [0.717, 1.165) is 52.9 Å². The van der Waals surface area contributed by atoms with E-state index in [1.807, 2.05) is 89.8 Å². The number of nitrogens with one attached hydrogen (secondary N) is 1. The summed E-state index contributed by atoms with van der Waals surface area (Å²) in [6, 6.07) is 26.2. The molecular formula is C28H27N5O2S. The van der Waals surface area contributed by atoms with Crippen LogP contribution in [0.4, 0.5) is 11.6 Å². The van der Waals surface area contributed by atoms with E-state index in [9.17, 15) is 9.00 Å². The molecule has 1 aliphatic heterocycles. The molecule has 182 valence electrons. The Morgan fingerprint density at radius 1 is 0.833 bits per heavy atom. The Labute approximate surface area is 213 Å². The second kappa shape index (κ2) is 10.8. The number of anilines is 2. The number of benzene rings is 3. The summed E-state index contributed by atoms with van der Waals surface area (Å²) in [5, 5.41) is 3.21. The van der Waals surface area contributed by atoms with Crippen molar-refractivity contribution < 1.29 is 9.00 Å². The van der Waals surface area contributed by atoms with Gasteiger partial charge in [0, 0.05) is 59.0 Å². The maximum Gasteiger partial charge on any atom is 0.253 e. The molecule has 1 atom stereocenters. The molecule has 3 aromatic carbocycles. The molecule has 1 unspecified atom stereocenters. The average Bonchev–Trinajstić information content (AvgIpc) is 2.94. The van der Waals surface area contributed by atoms with Crippen molar-refractivity contribution in [1.29, 1.82) is 0 Å². The molecule has 7 nitrogen and oxygen atoms in total. The molecule has 0 saturated carbocycles. The summed E-state index contributed by atoms with van der Waals surface area (Å²) in [6.45, 7) is 3.29. The molecule has 2 heterocycles. The lowest BCUT2D eigenvalue weighted by molar-refractivity contribution is 0.0664. The Hall–Kier alpha value is -3.88. The van der Waals surface area contributed by atoms with Gasteiger partial charge in [0.05, 0.1) is 16.5 Å². The molecule has 4 aromatic rings. The molecule has 0 bridgehead atoms. The van der Waals surface area contributed by atoms with Gasteiger partial charge >= 0.3 is 0 Å². The number of hydrogen-bond donors (Lipinski definition) is 1. The van der Waals surface area contributed by atoms with Crippen molar-refractivity contribution >= 4 is 28.3 Å². The van der Waals surface area contributed by atoms with Gasteiger partial charge in [0.15, 0.2) is 0 Å². The lowest BCUT2D eigenvalue weighted by Gasteiger charge is -2.32. The first-order valence-corrected chi connectivity index (χ1v) is 13.0. The van der Waals surface area contributed by atoms with Crippen LogP contribution in [-0.4, -0.2) is 63.1 Å². The zero-order chi connectivity index (χ0) is 24.9. The molecular weight excluding hydrogens is 470 g/mol. The number of amides is 1. The maximum atomic E-state index is 12.8. The SMILES string of the molecule is CN1CCN(C(=O)c2ccc(Nc3nccc(-c4ccc(S(=O)c5ccccc5)cc4)n3)cc2)CC1. The zero-order valence-corrected chi connectivity index (χ0v) is 20.8. The summed E-state index contributed by atoms with van der Waals surface area (Å²) in [6.07, 6.45) is 1.70. The number of nitrogens with zero attached hydrogens (tertiary/aromatic N) is 4. The Balaban J connectivity index is 1.25. The normalized spacial score (nSPS) is 14.9. The third-order valence-electron chi connectivity index (χ3n) is 6.16. The van der Waals surface area contributed by atoms with Gasteiger partial charge in [-0.15, -0.1) is 0 Å². The van der Waals surface area contributed by atoms with Crippen LogP contribution in [0.3, 0.4) is 0 Å². The summed E-state index contributed by atoms with van der Waals surface area (Å²) >= 11 is 0. The first-order valence-electron chi connectivity index (χ1n) is 11.8. The predicted octanol–water partition coefficient (Wildman–Crippen LogP) is 4.44. The maximum absolute atomic E-state index is 12.8. The lowest BCUT2D eigenvalue weighted by Crippen LogP contribution is -2.47. The first kappa shape index (κ1) is 23.8. The van der Waals surface area contributed by atoms with E-state index >= 15 is 0 Å². The van der Waals surface area contributed by atoms with Gasteiger partial charge in [0.25, 0.3) is 5.91 Å². The molecule has 1 aromatic heterocycles. The van der Waals surface area contributed by atoms with Crippen molar-refractivity contribution in [3.8, 4) is 11.3 Å². The highest BCUT2D eigenvalue weighted by molar-refractivity contribution is 7.85. The number of carbonyl (C=O) groups excluding carboxylic acids is 1. The van der Waals surface area contributed by atoms with Crippen molar-refractivity contribution in [2.24, 2.45) is 0 Å². The number of aromatic nitrogens is 2. The van der Waals surface area contributed by atoms with E-state index in [2.05, 4.69) is 27.2 Å². The summed E-state index contributed by atoms with van der Waals surface area (Å²) in [4.78, 5) is 27.4. The molecule has 1 saturated heterocycles. The minimum absolute atomic E-state index is 0.0598. The van der Waals surface area contributed by atoms with Crippen LogP contribution in [0.5, 0.6) is 0 Å². The highest BCUT2D eigenvalue weighted by Crippen LogP contribution is 2.23.